The van der Waals surface area contributed by atoms with Gasteiger partial charge in [-0.2, -0.15) is 0 Å². The number of hydrogen-bond donors (Lipinski definition) is 2. The van der Waals surface area contributed by atoms with E-state index in [0.29, 0.717) is 28.9 Å². The Bertz CT molecular complexity index is 1390. The van der Waals surface area contributed by atoms with Crippen LogP contribution in [0.25, 0.3) is 33.3 Å². The summed E-state index contributed by atoms with van der Waals surface area (Å²) >= 11 is 0. The Hall–Kier alpha value is -3.91. The third-order valence-electron chi connectivity index (χ3n) is 6.61. The Kier molecular flexibility index (Phi) is 8.08. The molecule has 2 aromatic heterocycles. The van der Waals surface area contributed by atoms with Crippen molar-refractivity contribution >= 4 is 22.6 Å². The van der Waals surface area contributed by atoms with E-state index in [4.69, 9.17) is 4.74 Å². The van der Waals surface area contributed by atoms with Crippen molar-refractivity contribution in [3.63, 3.8) is 0 Å². The summed E-state index contributed by atoms with van der Waals surface area (Å²) in [5, 5.41) is 4.04. The van der Waals surface area contributed by atoms with Crippen LogP contribution in [0.1, 0.15) is 24.2 Å². The average molecular weight is 504 g/mol. The predicted molar refractivity (Wildman–Crippen MR) is 148 cm³/mol. The van der Waals surface area contributed by atoms with Crippen molar-refractivity contribution in [1.29, 1.82) is 0 Å². The van der Waals surface area contributed by atoms with Gasteiger partial charge in [0, 0.05) is 61.7 Å². The maximum absolute atomic E-state index is 15.5. The van der Waals surface area contributed by atoms with E-state index in [9.17, 15) is 4.79 Å². The Morgan fingerprint density at radius 1 is 1.08 bits per heavy atom. The normalized spacial score (nSPS) is 11.2. The van der Waals surface area contributed by atoms with E-state index in [1.54, 1.807) is 33.5 Å². The highest BCUT2D eigenvalue weighted by molar-refractivity contribution is 6.02. The Balaban J connectivity index is 1.76. The summed E-state index contributed by atoms with van der Waals surface area (Å²) in [6.07, 6.45) is 3.58. The highest BCUT2D eigenvalue weighted by Crippen LogP contribution is 2.37. The number of aromatic amines is 1. The minimum Gasteiger partial charge on any atom is -0.496 e. The molecule has 0 radical (unpaired) electrons. The molecule has 2 heterocycles. The van der Waals surface area contributed by atoms with Crippen LogP contribution in [0.3, 0.4) is 0 Å². The zero-order chi connectivity index (χ0) is 26.5. The molecule has 37 heavy (non-hydrogen) atoms. The van der Waals surface area contributed by atoms with Crippen molar-refractivity contribution < 1.29 is 13.9 Å². The van der Waals surface area contributed by atoms with Crippen molar-refractivity contribution in [2.24, 2.45) is 0 Å². The number of ether oxygens (including phenoxy) is 1. The van der Waals surface area contributed by atoms with Crippen LogP contribution >= 0.6 is 0 Å². The summed E-state index contributed by atoms with van der Waals surface area (Å²) in [6, 6.07) is 12.9. The molecule has 0 aliphatic carbocycles. The van der Waals surface area contributed by atoms with Gasteiger partial charge in [0.05, 0.1) is 18.4 Å². The van der Waals surface area contributed by atoms with Crippen LogP contribution in [0, 0.1) is 5.82 Å². The van der Waals surface area contributed by atoms with Crippen LogP contribution in [0.5, 0.6) is 5.75 Å². The standard InChI is InChI=1S/C29H34FN5O2/c1-6-35(7-2)13-12-31-27-23(29(36)34(3)4)14-19(16-25(27)30)20-15-22-24(18-33-28(22)32-17-20)21-10-8-9-11-26(21)37-5/h8-11,14-18,31H,6-7,12-13H2,1-5H3,(H,32,33). The second-order valence-corrected chi connectivity index (χ2v) is 9.06. The van der Waals surface area contributed by atoms with E-state index in [1.807, 2.05) is 36.5 Å². The van der Waals surface area contributed by atoms with Gasteiger partial charge in [-0.25, -0.2) is 9.37 Å². The molecule has 2 aromatic carbocycles. The molecule has 4 rings (SSSR count). The first-order chi connectivity index (χ1) is 17.9. The lowest BCUT2D eigenvalue weighted by Crippen LogP contribution is -2.29. The number of rotatable bonds is 10. The number of likely N-dealkylation sites (N-methyl/N-ethyl adjacent to an activating group) is 1. The van der Waals surface area contributed by atoms with Crippen LogP contribution in [0.4, 0.5) is 10.1 Å². The number of nitrogens with one attached hydrogen (secondary N) is 2. The second kappa shape index (κ2) is 11.4. The fourth-order valence-electron chi connectivity index (χ4n) is 4.49. The van der Waals surface area contributed by atoms with Crippen LogP contribution in [0.2, 0.25) is 0 Å². The first-order valence-electron chi connectivity index (χ1n) is 12.5. The Morgan fingerprint density at radius 3 is 2.54 bits per heavy atom. The third-order valence-corrected chi connectivity index (χ3v) is 6.61. The second-order valence-electron chi connectivity index (χ2n) is 9.06. The molecule has 0 fully saturated rings. The Morgan fingerprint density at radius 2 is 1.84 bits per heavy atom. The monoisotopic (exact) mass is 503 g/mol. The van der Waals surface area contributed by atoms with E-state index in [2.05, 4.69) is 34.0 Å². The number of aromatic nitrogens is 2. The number of carbonyl (C=O) groups excluding carboxylic acids is 1. The lowest BCUT2D eigenvalue weighted by molar-refractivity contribution is 0.0828. The molecule has 1 amide bonds. The molecule has 0 aliphatic rings. The molecule has 0 bridgehead atoms. The van der Waals surface area contributed by atoms with Crippen molar-refractivity contribution in [3.05, 3.63) is 66.2 Å². The molecular formula is C29H34FN5O2. The van der Waals surface area contributed by atoms with Crippen LogP contribution in [0.15, 0.2) is 54.9 Å². The lowest BCUT2D eigenvalue weighted by atomic mass is 9.99. The number of amides is 1. The third kappa shape index (κ3) is 5.44. The number of anilines is 1. The summed E-state index contributed by atoms with van der Waals surface area (Å²) in [5.41, 5.74) is 4.38. The summed E-state index contributed by atoms with van der Waals surface area (Å²) in [6.45, 7) is 7.29. The van der Waals surface area contributed by atoms with Gasteiger partial charge in [0.2, 0.25) is 0 Å². The Labute approximate surface area is 217 Å². The van der Waals surface area contributed by atoms with Crippen molar-refractivity contribution in [2.45, 2.75) is 13.8 Å². The van der Waals surface area contributed by atoms with Gasteiger partial charge in [0.1, 0.15) is 17.2 Å². The number of pyridine rings is 1. The van der Waals surface area contributed by atoms with Gasteiger partial charge in [-0.05, 0) is 42.9 Å². The number of halogens is 1. The molecule has 8 heteroatoms. The average Bonchev–Trinajstić information content (AvgIpc) is 3.34. The van der Waals surface area contributed by atoms with Crippen LogP contribution in [-0.4, -0.2) is 73.1 Å². The molecule has 7 nitrogen and oxygen atoms in total. The van der Waals surface area contributed by atoms with Gasteiger partial charge in [-0.15, -0.1) is 0 Å². The summed E-state index contributed by atoms with van der Waals surface area (Å²) in [7, 11) is 4.97. The molecule has 0 atom stereocenters. The zero-order valence-corrected chi connectivity index (χ0v) is 22.1. The fourth-order valence-corrected chi connectivity index (χ4v) is 4.49. The fraction of sp³-hybridized carbons (Fsp3) is 0.310. The number of methoxy groups -OCH3 is 1. The number of nitrogens with zero attached hydrogens (tertiary/aromatic N) is 3. The summed E-state index contributed by atoms with van der Waals surface area (Å²) in [4.78, 5) is 24.5. The first kappa shape index (κ1) is 26.2. The van der Waals surface area contributed by atoms with Gasteiger partial charge in [-0.3, -0.25) is 4.79 Å². The minimum atomic E-state index is -0.471. The molecule has 4 aromatic rings. The highest BCUT2D eigenvalue weighted by atomic mass is 19.1. The van der Waals surface area contributed by atoms with Gasteiger partial charge >= 0.3 is 0 Å². The van der Waals surface area contributed by atoms with Crippen molar-refractivity contribution in [3.8, 4) is 28.0 Å². The molecule has 0 aliphatic heterocycles. The van der Waals surface area contributed by atoms with E-state index < -0.39 is 5.82 Å². The minimum absolute atomic E-state index is 0.222. The predicted octanol–water partition coefficient (Wildman–Crippen LogP) is 5.50. The smallest absolute Gasteiger partial charge is 0.255 e. The van der Waals surface area contributed by atoms with E-state index >= 15 is 4.39 Å². The first-order valence-corrected chi connectivity index (χ1v) is 12.5. The number of benzene rings is 2. The number of para-hydroxylation sites is 1. The van der Waals surface area contributed by atoms with Gasteiger partial charge in [-0.1, -0.05) is 32.0 Å². The molecule has 2 N–H and O–H groups in total. The maximum Gasteiger partial charge on any atom is 0.255 e. The number of fused-ring (bicyclic) bond motifs is 1. The summed E-state index contributed by atoms with van der Waals surface area (Å²) in [5.74, 6) is 0.0108. The van der Waals surface area contributed by atoms with Crippen LogP contribution < -0.4 is 10.1 Å². The molecular weight excluding hydrogens is 469 g/mol. The van der Waals surface area contributed by atoms with E-state index in [1.165, 1.54) is 11.0 Å². The van der Waals surface area contributed by atoms with Gasteiger partial charge in [0.25, 0.3) is 5.91 Å². The number of carbonyl (C=O) groups is 1. The largest absolute Gasteiger partial charge is 0.496 e. The summed E-state index contributed by atoms with van der Waals surface area (Å²) < 4.78 is 21.1. The zero-order valence-electron chi connectivity index (χ0n) is 22.1. The van der Waals surface area contributed by atoms with Crippen molar-refractivity contribution in [1.82, 2.24) is 19.8 Å². The molecule has 0 spiro atoms. The van der Waals surface area contributed by atoms with Crippen LogP contribution in [-0.2, 0) is 0 Å². The number of H-pyrrole nitrogens is 1. The lowest BCUT2D eigenvalue weighted by Gasteiger charge is -2.21. The molecule has 194 valence electrons. The quantitative estimate of drug-likeness (QED) is 0.299. The van der Waals surface area contributed by atoms with E-state index in [-0.39, 0.29) is 11.6 Å². The molecule has 0 unspecified atom stereocenters. The number of hydrogen-bond acceptors (Lipinski definition) is 5. The molecule has 0 saturated carbocycles. The topological polar surface area (TPSA) is 73.5 Å². The maximum atomic E-state index is 15.5. The highest BCUT2D eigenvalue weighted by Gasteiger charge is 2.20. The van der Waals surface area contributed by atoms with Gasteiger partial charge in [0.15, 0.2) is 0 Å². The van der Waals surface area contributed by atoms with Crippen molar-refractivity contribution in [2.75, 3.05) is 52.7 Å². The van der Waals surface area contributed by atoms with Gasteiger partial charge < -0.3 is 24.8 Å². The molecule has 0 saturated heterocycles. The SMILES string of the molecule is CCN(CC)CCNc1c(F)cc(-c2cnc3[nH]cc(-c4ccccc4OC)c3c2)cc1C(=O)N(C)C. The van der Waals surface area contributed by atoms with E-state index in [0.717, 1.165) is 41.9 Å².